The lowest BCUT2D eigenvalue weighted by Crippen LogP contribution is -2.37. The molecule has 2 atom stereocenters. The summed E-state index contributed by atoms with van der Waals surface area (Å²) in [5.41, 5.74) is 23.1. The van der Waals surface area contributed by atoms with Gasteiger partial charge in [0, 0.05) is 53.4 Å². The Bertz CT molecular complexity index is 2050. The number of unbranched alkanes of at least 4 members (excludes halogenated alkanes) is 1. The Morgan fingerprint density at radius 2 is 0.885 bits per heavy atom. The van der Waals surface area contributed by atoms with Crippen LogP contribution in [-0.2, 0) is 0 Å². The third kappa shape index (κ3) is 14.9. The van der Waals surface area contributed by atoms with Crippen LogP contribution in [0.2, 0.25) is 0 Å². The lowest BCUT2D eigenvalue weighted by atomic mass is 10.1. The summed E-state index contributed by atoms with van der Waals surface area (Å²) < 4.78 is 18.6. The highest BCUT2D eigenvalue weighted by molar-refractivity contribution is 5.65. The molecule has 15 heteroatoms. The van der Waals surface area contributed by atoms with Gasteiger partial charge >= 0.3 is 18.0 Å². The molecule has 4 rings (SSSR count). The van der Waals surface area contributed by atoms with Crippen molar-refractivity contribution < 1.29 is 14.2 Å². The maximum atomic E-state index is 6.56. The summed E-state index contributed by atoms with van der Waals surface area (Å²) in [4.78, 5) is 13.5. The zero-order valence-corrected chi connectivity index (χ0v) is 36.8. The van der Waals surface area contributed by atoms with Gasteiger partial charge in [0.05, 0.1) is 17.1 Å². The first kappa shape index (κ1) is 47.6. The van der Waals surface area contributed by atoms with Crippen molar-refractivity contribution in [2.24, 2.45) is 34.7 Å². The van der Waals surface area contributed by atoms with Gasteiger partial charge in [-0.1, -0.05) is 103 Å². The highest BCUT2D eigenvalue weighted by Crippen LogP contribution is 2.30. The number of nitrogens with two attached hydrogens (primary N) is 6. The van der Waals surface area contributed by atoms with Crippen LogP contribution in [0.15, 0.2) is 91.4 Å². The summed E-state index contributed by atoms with van der Waals surface area (Å²) in [6.07, 6.45) is 15.2. The van der Waals surface area contributed by atoms with Crippen molar-refractivity contribution in [3.05, 3.63) is 108 Å². The molecule has 330 valence electrons. The second-order valence-corrected chi connectivity index (χ2v) is 15.2. The van der Waals surface area contributed by atoms with Gasteiger partial charge in [-0.3, -0.25) is 0 Å². The molecular formula is C46H68N12O3. The van der Waals surface area contributed by atoms with Gasteiger partial charge in [0.15, 0.2) is 0 Å². The Kier molecular flexibility index (Phi) is 19.0. The summed E-state index contributed by atoms with van der Waals surface area (Å²) >= 11 is 0. The Labute approximate surface area is 362 Å². The fourth-order valence-electron chi connectivity index (χ4n) is 6.69. The Hall–Kier alpha value is -6.03. The molecule has 0 saturated heterocycles. The minimum absolute atomic E-state index is 0.0858. The molecule has 12 N–H and O–H groups in total. The zero-order valence-electron chi connectivity index (χ0n) is 36.8. The first-order chi connectivity index (χ1) is 29.4. The quantitative estimate of drug-likeness (QED) is 0.0271. The summed E-state index contributed by atoms with van der Waals surface area (Å²) in [6, 6.07) is 21.9. The number of hydrazine groups is 3. The third-order valence-electron chi connectivity index (χ3n) is 10.2. The molecule has 15 nitrogen and oxygen atoms in total. The van der Waals surface area contributed by atoms with Gasteiger partial charge in [0.2, 0.25) is 0 Å². The molecule has 0 fully saturated rings. The van der Waals surface area contributed by atoms with E-state index in [4.69, 9.17) is 48.9 Å². The van der Waals surface area contributed by atoms with Crippen LogP contribution in [0.1, 0.15) is 122 Å². The number of rotatable bonds is 25. The molecule has 1 aromatic heterocycles. The van der Waals surface area contributed by atoms with E-state index in [9.17, 15) is 0 Å². The van der Waals surface area contributed by atoms with Crippen molar-refractivity contribution in [2.45, 2.75) is 124 Å². The number of hydrogen-bond acceptors (Lipinski definition) is 15. The van der Waals surface area contributed by atoms with Gasteiger partial charge in [0.1, 0.15) is 17.2 Å². The van der Waals surface area contributed by atoms with Gasteiger partial charge in [0.25, 0.3) is 0 Å². The second kappa shape index (κ2) is 24.3. The average molecular weight is 837 g/mol. The molecule has 4 aromatic rings. The van der Waals surface area contributed by atoms with E-state index >= 15 is 0 Å². The largest absolute Gasteiger partial charge is 0.424 e. The SMILES string of the molecule is CCCCC(C)N(N)/C=C(\N)c1cccc(Oc2nc(Oc3cccc(/C(N)=C/N(N)C(CC)CCC)c3)nc(Oc3cccc(/C(N)=C/N(N)C(CCC)CCC)c3)n2)c1. The summed E-state index contributed by atoms with van der Waals surface area (Å²) in [7, 11) is 0. The van der Waals surface area contributed by atoms with Crippen LogP contribution in [-0.4, -0.2) is 48.1 Å². The highest BCUT2D eigenvalue weighted by Gasteiger charge is 2.17. The molecular weight excluding hydrogens is 769 g/mol. The highest BCUT2D eigenvalue weighted by atomic mass is 16.5. The summed E-state index contributed by atoms with van der Waals surface area (Å²) in [5.74, 6) is 20.4. The molecule has 0 aliphatic rings. The Balaban J connectivity index is 1.67. The molecule has 0 aliphatic heterocycles. The molecule has 3 aromatic carbocycles. The predicted octanol–water partition coefficient (Wildman–Crippen LogP) is 8.67. The summed E-state index contributed by atoms with van der Waals surface area (Å²) in [5, 5.41) is 5.01. The first-order valence-electron chi connectivity index (χ1n) is 21.5. The molecule has 0 aliphatic carbocycles. The number of hydrogen-bond donors (Lipinski definition) is 6. The molecule has 0 saturated carbocycles. The maximum Gasteiger partial charge on any atom is 0.331 e. The van der Waals surface area contributed by atoms with Crippen molar-refractivity contribution in [1.82, 2.24) is 30.0 Å². The van der Waals surface area contributed by atoms with Crippen LogP contribution in [0.5, 0.6) is 35.3 Å². The van der Waals surface area contributed by atoms with Crippen molar-refractivity contribution in [3.8, 4) is 35.3 Å². The number of nitrogens with zero attached hydrogens (tertiary/aromatic N) is 6. The van der Waals surface area contributed by atoms with E-state index < -0.39 is 0 Å². The molecule has 0 bridgehead atoms. The standard InChI is InChI=1S/C46H68N12O3/c1-7-12-19-32(6)56(50)29-41(47)33-20-13-23-38(26-33)59-44-53-45(60-39-24-14-21-34(27-39)42(48)30-57(51)36(11-5)16-8-2)55-46(54-44)61-40-25-15-22-35(28-40)43(49)31-58(52)37(17-9-3)18-10-4/h13-15,20-32,36-37H,7-12,16-19,47-52H2,1-6H3/b41-29-,42-30-,43-31-. The topological polar surface area (TPSA) is 232 Å². The average Bonchev–Trinajstić information content (AvgIpc) is 3.24. The second-order valence-electron chi connectivity index (χ2n) is 15.2. The van der Waals surface area contributed by atoms with E-state index in [0.29, 0.717) is 51.0 Å². The zero-order chi connectivity index (χ0) is 44.3. The van der Waals surface area contributed by atoms with Crippen molar-refractivity contribution in [2.75, 3.05) is 0 Å². The lowest BCUT2D eigenvalue weighted by Gasteiger charge is -2.26. The molecule has 0 spiro atoms. The van der Waals surface area contributed by atoms with Crippen LogP contribution in [0.3, 0.4) is 0 Å². The third-order valence-corrected chi connectivity index (χ3v) is 10.2. The van der Waals surface area contributed by atoms with Gasteiger partial charge in [-0.15, -0.1) is 15.0 Å². The number of aromatic nitrogens is 3. The van der Waals surface area contributed by atoms with Crippen LogP contribution in [0, 0.1) is 0 Å². The van der Waals surface area contributed by atoms with Gasteiger partial charge < -0.3 is 46.4 Å². The van der Waals surface area contributed by atoms with Crippen LogP contribution in [0.4, 0.5) is 0 Å². The minimum atomic E-state index is -0.0866. The van der Waals surface area contributed by atoms with Crippen molar-refractivity contribution in [1.29, 1.82) is 0 Å². The first-order valence-corrected chi connectivity index (χ1v) is 21.5. The predicted molar refractivity (Wildman–Crippen MR) is 246 cm³/mol. The Morgan fingerprint density at radius 3 is 1.25 bits per heavy atom. The smallest absolute Gasteiger partial charge is 0.331 e. The normalized spacial score (nSPS) is 13.2. The van der Waals surface area contributed by atoms with E-state index in [1.54, 1.807) is 70.0 Å². The van der Waals surface area contributed by atoms with Crippen molar-refractivity contribution >= 4 is 17.1 Å². The lowest BCUT2D eigenvalue weighted by molar-refractivity contribution is 0.253. The monoisotopic (exact) mass is 837 g/mol. The van der Waals surface area contributed by atoms with E-state index in [1.165, 1.54) is 0 Å². The molecule has 61 heavy (non-hydrogen) atoms. The van der Waals surface area contributed by atoms with E-state index in [0.717, 1.165) is 64.2 Å². The fourth-order valence-corrected chi connectivity index (χ4v) is 6.69. The van der Waals surface area contributed by atoms with E-state index in [2.05, 4.69) is 56.5 Å². The van der Waals surface area contributed by atoms with Crippen LogP contribution < -0.4 is 48.9 Å². The van der Waals surface area contributed by atoms with E-state index in [1.807, 2.05) is 36.4 Å². The van der Waals surface area contributed by atoms with Crippen LogP contribution >= 0.6 is 0 Å². The van der Waals surface area contributed by atoms with Crippen molar-refractivity contribution in [3.63, 3.8) is 0 Å². The molecule has 1 heterocycles. The molecule has 0 amide bonds. The number of ether oxygens (including phenoxy) is 3. The summed E-state index contributed by atoms with van der Waals surface area (Å²) in [6.45, 7) is 12.7. The van der Waals surface area contributed by atoms with Crippen LogP contribution in [0.25, 0.3) is 17.1 Å². The maximum absolute atomic E-state index is 6.56. The number of benzene rings is 3. The van der Waals surface area contributed by atoms with E-state index in [-0.39, 0.29) is 36.2 Å². The van der Waals surface area contributed by atoms with Gasteiger partial charge in [-0.2, -0.15) is 0 Å². The minimum Gasteiger partial charge on any atom is -0.424 e. The fraction of sp³-hybridized carbons (Fsp3) is 0.413. The Morgan fingerprint density at radius 1 is 0.525 bits per heavy atom. The van der Waals surface area contributed by atoms with Gasteiger partial charge in [-0.05, 0) is 75.4 Å². The molecule has 0 radical (unpaired) electrons. The molecule has 2 unspecified atom stereocenters. The van der Waals surface area contributed by atoms with Gasteiger partial charge in [-0.25, -0.2) is 17.5 Å².